The second-order valence-corrected chi connectivity index (χ2v) is 4.91. The Balaban J connectivity index is 2.37. The Morgan fingerprint density at radius 2 is 2.25 bits per heavy atom. The van der Waals surface area contributed by atoms with E-state index >= 15 is 0 Å². The minimum Gasteiger partial charge on any atom is -0.297 e. The summed E-state index contributed by atoms with van der Waals surface area (Å²) < 4.78 is 1.90. The lowest BCUT2D eigenvalue weighted by Gasteiger charge is -2.03. The lowest BCUT2D eigenvalue weighted by molar-refractivity contribution is 0.111. The monoisotopic (exact) mass is 214 g/mol. The van der Waals surface area contributed by atoms with E-state index in [1.54, 1.807) is 0 Å². The molecule has 0 bridgehead atoms. The number of fused-ring (bicyclic) bond motifs is 1. The van der Waals surface area contributed by atoms with Gasteiger partial charge in [-0.2, -0.15) is 0 Å². The number of pyridine rings is 1. The normalized spacial score (nSPS) is 17.6. The fourth-order valence-corrected chi connectivity index (χ4v) is 2.20. The number of hydrogen-bond donors (Lipinski definition) is 0. The highest BCUT2D eigenvalue weighted by Gasteiger charge is 2.43. The van der Waals surface area contributed by atoms with E-state index in [1.165, 1.54) is 0 Å². The Kier molecular flexibility index (Phi) is 1.76. The average molecular weight is 214 g/mol. The summed E-state index contributed by atoms with van der Waals surface area (Å²) in [6, 6.07) is 3.98. The molecule has 3 heteroatoms. The molecule has 0 N–H and O–H groups in total. The van der Waals surface area contributed by atoms with Crippen molar-refractivity contribution in [3.05, 3.63) is 35.3 Å². The summed E-state index contributed by atoms with van der Waals surface area (Å²) in [5.74, 6) is 0. The summed E-state index contributed by atoms with van der Waals surface area (Å²) in [6.45, 7) is 4.20. The Morgan fingerprint density at radius 1 is 1.50 bits per heavy atom. The van der Waals surface area contributed by atoms with Gasteiger partial charge in [0.05, 0.1) is 5.69 Å². The number of aromatic nitrogens is 2. The van der Waals surface area contributed by atoms with Crippen LogP contribution in [0.3, 0.4) is 0 Å². The second-order valence-electron chi connectivity index (χ2n) is 4.91. The number of aldehydes is 1. The number of rotatable bonds is 2. The quantitative estimate of drug-likeness (QED) is 0.720. The molecule has 0 saturated heterocycles. The van der Waals surface area contributed by atoms with E-state index in [0.717, 1.165) is 41.7 Å². The zero-order valence-corrected chi connectivity index (χ0v) is 9.53. The van der Waals surface area contributed by atoms with Crippen molar-refractivity contribution >= 4 is 11.9 Å². The molecule has 2 aromatic rings. The van der Waals surface area contributed by atoms with Gasteiger partial charge in [0.2, 0.25) is 0 Å². The van der Waals surface area contributed by atoms with E-state index in [0.29, 0.717) is 0 Å². The fraction of sp³-hybridized carbons (Fsp3) is 0.385. The van der Waals surface area contributed by atoms with E-state index in [9.17, 15) is 4.79 Å². The molecule has 3 rings (SSSR count). The molecule has 2 aromatic heterocycles. The molecular formula is C13H14N2O. The Morgan fingerprint density at radius 3 is 2.88 bits per heavy atom. The molecule has 0 atom stereocenters. The molecule has 0 spiro atoms. The first-order chi connectivity index (χ1) is 7.65. The lowest BCUT2D eigenvalue weighted by Crippen LogP contribution is -2.04. The Hall–Kier alpha value is -1.64. The standard InChI is InChI=1S/C13H14N2O/c1-9-4-3-7-15-10(8-16)11(14-12(9)15)13(2)5-6-13/h3-4,7-8H,5-6H2,1-2H3. The van der Waals surface area contributed by atoms with Crippen molar-refractivity contribution in [2.75, 3.05) is 0 Å². The van der Waals surface area contributed by atoms with Crippen molar-refractivity contribution in [1.82, 2.24) is 9.38 Å². The van der Waals surface area contributed by atoms with Crippen LogP contribution in [0.5, 0.6) is 0 Å². The van der Waals surface area contributed by atoms with Crippen LogP contribution < -0.4 is 0 Å². The van der Waals surface area contributed by atoms with Gasteiger partial charge in [-0.05, 0) is 31.4 Å². The maximum absolute atomic E-state index is 11.2. The molecule has 1 aliphatic carbocycles. The average Bonchev–Trinajstić information content (AvgIpc) is 2.90. The van der Waals surface area contributed by atoms with Crippen molar-refractivity contribution in [1.29, 1.82) is 0 Å². The van der Waals surface area contributed by atoms with E-state index in [4.69, 9.17) is 0 Å². The molecule has 1 aliphatic rings. The minimum atomic E-state index is 0.134. The minimum absolute atomic E-state index is 0.134. The van der Waals surface area contributed by atoms with Gasteiger partial charge in [0.1, 0.15) is 11.3 Å². The Bertz CT molecular complexity index is 579. The Labute approximate surface area is 94.1 Å². The van der Waals surface area contributed by atoms with Crippen LogP contribution in [0.2, 0.25) is 0 Å². The smallest absolute Gasteiger partial charge is 0.168 e. The van der Waals surface area contributed by atoms with Crippen LogP contribution in [-0.2, 0) is 5.41 Å². The summed E-state index contributed by atoms with van der Waals surface area (Å²) in [7, 11) is 0. The molecule has 1 saturated carbocycles. The summed E-state index contributed by atoms with van der Waals surface area (Å²) in [6.07, 6.45) is 5.11. The summed E-state index contributed by atoms with van der Waals surface area (Å²) in [5.41, 5.74) is 3.85. The molecule has 0 aromatic carbocycles. The SMILES string of the molecule is Cc1cccn2c(C=O)c(C3(C)CC3)nc12. The van der Waals surface area contributed by atoms with Gasteiger partial charge in [-0.15, -0.1) is 0 Å². The van der Waals surface area contributed by atoms with Gasteiger partial charge in [0, 0.05) is 11.6 Å². The van der Waals surface area contributed by atoms with Gasteiger partial charge in [0.25, 0.3) is 0 Å². The van der Waals surface area contributed by atoms with E-state index in [1.807, 2.05) is 29.7 Å². The van der Waals surface area contributed by atoms with Gasteiger partial charge in [-0.3, -0.25) is 9.20 Å². The molecule has 16 heavy (non-hydrogen) atoms. The predicted octanol–water partition coefficient (Wildman–Crippen LogP) is 2.51. The number of carbonyl (C=O) groups is 1. The van der Waals surface area contributed by atoms with Crippen molar-refractivity contribution in [3.8, 4) is 0 Å². The predicted molar refractivity (Wildman–Crippen MR) is 61.9 cm³/mol. The van der Waals surface area contributed by atoms with Crippen molar-refractivity contribution in [2.45, 2.75) is 32.1 Å². The van der Waals surface area contributed by atoms with Crippen LogP contribution in [0.25, 0.3) is 5.65 Å². The van der Waals surface area contributed by atoms with Crippen LogP contribution in [0.4, 0.5) is 0 Å². The third-order valence-electron chi connectivity index (χ3n) is 3.57. The van der Waals surface area contributed by atoms with Gasteiger partial charge in [0.15, 0.2) is 6.29 Å². The maximum Gasteiger partial charge on any atom is 0.168 e. The lowest BCUT2D eigenvalue weighted by atomic mass is 10.0. The van der Waals surface area contributed by atoms with Crippen molar-refractivity contribution < 1.29 is 4.79 Å². The zero-order chi connectivity index (χ0) is 11.3. The highest BCUT2D eigenvalue weighted by atomic mass is 16.1. The van der Waals surface area contributed by atoms with E-state index in [-0.39, 0.29) is 5.41 Å². The molecule has 1 fully saturated rings. The molecule has 82 valence electrons. The zero-order valence-electron chi connectivity index (χ0n) is 9.53. The number of hydrogen-bond acceptors (Lipinski definition) is 2. The molecule has 0 radical (unpaired) electrons. The van der Waals surface area contributed by atoms with Gasteiger partial charge in [-0.1, -0.05) is 13.0 Å². The number of carbonyl (C=O) groups excluding carboxylic acids is 1. The van der Waals surface area contributed by atoms with Crippen molar-refractivity contribution in [2.24, 2.45) is 0 Å². The highest BCUT2D eigenvalue weighted by molar-refractivity contribution is 5.78. The molecular weight excluding hydrogens is 200 g/mol. The summed E-state index contributed by atoms with van der Waals surface area (Å²) in [4.78, 5) is 15.9. The third-order valence-corrected chi connectivity index (χ3v) is 3.57. The van der Waals surface area contributed by atoms with Gasteiger partial charge < -0.3 is 0 Å². The van der Waals surface area contributed by atoms with Gasteiger partial charge in [-0.25, -0.2) is 4.98 Å². The van der Waals surface area contributed by atoms with Crippen LogP contribution in [0.1, 0.15) is 41.5 Å². The van der Waals surface area contributed by atoms with Gasteiger partial charge >= 0.3 is 0 Å². The summed E-state index contributed by atoms with van der Waals surface area (Å²) >= 11 is 0. The van der Waals surface area contributed by atoms with Crippen LogP contribution in [0, 0.1) is 6.92 Å². The number of nitrogens with zero attached hydrogens (tertiary/aromatic N) is 2. The van der Waals surface area contributed by atoms with Crippen LogP contribution in [-0.4, -0.2) is 15.7 Å². The molecule has 3 nitrogen and oxygen atoms in total. The number of imidazole rings is 1. The van der Waals surface area contributed by atoms with E-state index in [2.05, 4.69) is 11.9 Å². The molecule has 0 aliphatic heterocycles. The molecule has 2 heterocycles. The van der Waals surface area contributed by atoms with E-state index < -0.39 is 0 Å². The topological polar surface area (TPSA) is 34.4 Å². The first kappa shape index (κ1) is 9.58. The maximum atomic E-state index is 11.2. The summed E-state index contributed by atoms with van der Waals surface area (Å²) in [5, 5.41) is 0. The van der Waals surface area contributed by atoms with Crippen molar-refractivity contribution in [3.63, 3.8) is 0 Å². The highest BCUT2D eigenvalue weighted by Crippen LogP contribution is 2.48. The molecule has 0 unspecified atom stereocenters. The number of aryl methyl sites for hydroxylation is 1. The first-order valence-electron chi connectivity index (χ1n) is 5.59. The van der Waals surface area contributed by atoms with Crippen LogP contribution in [0.15, 0.2) is 18.3 Å². The second kappa shape index (κ2) is 2.94. The first-order valence-corrected chi connectivity index (χ1v) is 5.59. The largest absolute Gasteiger partial charge is 0.297 e. The fourth-order valence-electron chi connectivity index (χ4n) is 2.20. The third kappa shape index (κ3) is 1.14. The van der Waals surface area contributed by atoms with Crippen LogP contribution >= 0.6 is 0 Å². The molecule has 0 amide bonds.